The number of amides is 1. The molecule has 1 aliphatic rings. The van der Waals surface area contributed by atoms with Crippen molar-refractivity contribution in [1.29, 1.82) is 0 Å². The van der Waals surface area contributed by atoms with Gasteiger partial charge in [0.05, 0.1) is 23.3 Å². The van der Waals surface area contributed by atoms with Gasteiger partial charge in [-0.05, 0) is 56.2 Å². The maximum Gasteiger partial charge on any atom is 0.338 e. The van der Waals surface area contributed by atoms with Crippen molar-refractivity contribution >= 4 is 21.9 Å². The summed E-state index contributed by atoms with van der Waals surface area (Å²) < 4.78 is 37.3. The molecule has 0 radical (unpaired) electrons. The number of ether oxygens (including phenoxy) is 1. The van der Waals surface area contributed by atoms with Gasteiger partial charge in [0.15, 0.2) is 6.10 Å². The van der Waals surface area contributed by atoms with Crippen LogP contribution in [0.1, 0.15) is 35.9 Å². The molecular weight excluding hydrogens is 384 g/mol. The Morgan fingerprint density at radius 1 is 1.18 bits per heavy atom. The van der Waals surface area contributed by atoms with Gasteiger partial charge in [-0.2, -0.15) is 0 Å². The fourth-order valence-electron chi connectivity index (χ4n) is 2.91. The van der Waals surface area contributed by atoms with Crippen LogP contribution in [0.2, 0.25) is 0 Å². The third-order valence-electron chi connectivity index (χ3n) is 4.47. The van der Waals surface area contributed by atoms with E-state index in [0.717, 1.165) is 12.8 Å². The molecule has 8 nitrogen and oxygen atoms in total. The number of benzene rings is 1. The zero-order chi connectivity index (χ0) is 20.1. The third-order valence-corrected chi connectivity index (χ3v) is 5.88. The zero-order valence-electron chi connectivity index (χ0n) is 15.5. The number of sulfonamides is 1. The average Bonchev–Trinajstić information content (AvgIpc) is 3.39. The molecule has 9 heteroatoms. The number of hydrogen-bond acceptors (Lipinski definition) is 6. The first-order chi connectivity index (χ1) is 13.4. The van der Waals surface area contributed by atoms with E-state index in [1.807, 2.05) is 0 Å². The lowest BCUT2D eigenvalue weighted by molar-refractivity contribution is -0.138. The van der Waals surface area contributed by atoms with Gasteiger partial charge in [0.1, 0.15) is 5.76 Å². The fourth-order valence-corrected chi connectivity index (χ4v) is 3.90. The number of carbonyl (C=O) groups is 2. The molecule has 0 aliphatic carbocycles. The maximum absolute atomic E-state index is 12.3. The number of likely N-dealkylation sites (tertiary alicyclic amines) is 1. The molecule has 0 saturated carbocycles. The van der Waals surface area contributed by atoms with Gasteiger partial charge in [-0.25, -0.2) is 17.9 Å². The normalized spacial score (nSPS) is 15.4. The molecule has 0 spiro atoms. The molecule has 150 valence electrons. The van der Waals surface area contributed by atoms with Gasteiger partial charge in [-0.3, -0.25) is 4.79 Å². The quantitative estimate of drug-likeness (QED) is 0.704. The first kappa shape index (κ1) is 20.1. The summed E-state index contributed by atoms with van der Waals surface area (Å²) >= 11 is 0. The second kappa shape index (κ2) is 8.57. The minimum absolute atomic E-state index is 0.0109. The first-order valence-electron chi connectivity index (χ1n) is 8.99. The molecule has 1 amide bonds. The molecule has 0 bridgehead atoms. The van der Waals surface area contributed by atoms with Crippen LogP contribution >= 0.6 is 0 Å². The van der Waals surface area contributed by atoms with Crippen LogP contribution in [0.4, 0.5) is 0 Å². The second-order valence-electron chi connectivity index (χ2n) is 6.51. The molecule has 1 aromatic heterocycles. The highest BCUT2D eigenvalue weighted by Crippen LogP contribution is 2.15. The molecule has 1 aliphatic heterocycles. The Hall–Kier alpha value is -2.65. The summed E-state index contributed by atoms with van der Waals surface area (Å²) in [6.45, 7) is 2.92. The van der Waals surface area contributed by atoms with E-state index in [9.17, 15) is 18.0 Å². The van der Waals surface area contributed by atoms with Gasteiger partial charge in [0.2, 0.25) is 10.0 Å². The van der Waals surface area contributed by atoms with Crippen molar-refractivity contribution < 1.29 is 27.2 Å². The van der Waals surface area contributed by atoms with Crippen molar-refractivity contribution in [3.05, 3.63) is 54.0 Å². The Balaban J connectivity index is 1.59. The Morgan fingerprint density at radius 3 is 2.46 bits per heavy atom. The van der Waals surface area contributed by atoms with E-state index in [0.29, 0.717) is 18.8 Å². The number of furan rings is 1. The Kier molecular flexibility index (Phi) is 6.15. The lowest BCUT2D eigenvalue weighted by atomic mass is 10.2. The smallest absolute Gasteiger partial charge is 0.338 e. The minimum Gasteiger partial charge on any atom is -0.468 e. The molecule has 1 N–H and O–H groups in total. The number of rotatable bonds is 7. The average molecular weight is 406 g/mol. The van der Waals surface area contributed by atoms with E-state index in [2.05, 4.69) is 4.72 Å². The lowest BCUT2D eigenvalue weighted by Gasteiger charge is -2.20. The molecule has 1 atom stereocenters. The number of hydrogen-bond donors (Lipinski definition) is 1. The third kappa shape index (κ3) is 4.79. The van der Waals surface area contributed by atoms with Crippen molar-refractivity contribution in [3.8, 4) is 0 Å². The minimum atomic E-state index is -3.75. The largest absolute Gasteiger partial charge is 0.468 e. The molecule has 28 heavy (non-hydrogen) atoms. The molecular formula is C19H22N2O6S. The van der Waals surface area contributed by atoms with Crippen molar-refractivity contribution in [3.63, 3.8) is 0 Å². The summed E-state index contributed by atoms with van der Waals surface area (Å²) in [4.78, 5) is 26.2. The highest BCUT2D eigenvalue weighted by atomic mass is 32.2. The van der Waals surface area contributed by atoms with Gasteiger partial charge in [-0.1, -0.05) is 0 Å². The highest BCUT2D eigenvalue weighted by molar-refractivity contribution is 7.89. The number of esters is 1. The standard InChI is InChI=1S/C19H22N2O6S/c1-14(18(22)21-10-2-3-11-21)27-19(23)15-6-8-17(9-7-15)28(24,25)20-13-16-5-4-12-26-16/h4-9,12,14,20H,2-3,10-11,13H2,1H3/t14-/m1/s1. The Morgan fingerprint density at radius 2 is 1.86 bits per heavy atom. The summed E-state index contributed by atoms with van der Waals surface area (Å²) in [6, 6.07) is 8.67. The maximum atomic E-state index is 12.3. The van der Waals surface area contributed by atoms with Gasteiger partial charge in [0, 0.05) is 13.1 Å². The SMILES string of the molecule is C[C@@H](OC(=O)c1ccc(S(=O)(=O)NCc2ccco2)cc1)C(=O)N1CCCC1. The van der Waals surface area contributed by atoms with E-state index in [-0.39, 0.29) is 22.9 Å². The summed E-state index contributed by atoms with van der Waals surface area (Å²) in [6.07, 6.45) is 2.48. The van der Waals surface area contributed by atoms with Crippen LogP contribution in [0.25, 0.3) is 0 Å². The van der Waals surface area contributed by atoms with Crippen molar-refractivity contribution in [1.82, 2.24) is 9.62 Å². The van der Waals surface area contributed by atoms with Crippen LogP contribution in [0.5, 0.6) is 0 Å². The first-order valence-corrected chi connectivity index (χ1v) is 10.5. The predicted molar refractivity (Wildman–Crippen MR) is 99.9 cm³/mol. The van der Waals surface area contributed by atoms with E-state index in [4.69, 9.17) is 9.15 Å². The van der Waals surface area contributed by atoms with Crippen LogP contribution in [0.15, 0.2) is 52.0 Å². The Labute approximate surface area is 163 Å². The van der Waals surface area contributed by atoms with E-state index < -0.39 is 22.1 Å². The van der Waals surface area contributed by atoms with Crippen LogP contribution in [-0.2, 0) is 26.1 Å². The van der Waals surface area contributed by atoms with Crippen molar-refractivity contribution in [2.24, 2.45) is 0 Å². The molecule has 2 aromatic rings. The summed E-state index contributed by atoms with van der Waals surface area (Å²) in [5, 5.41) is 0. The highest BCUT2D eigenvalue weighted by Gasteiger charge is 2.26. The van der Waals surface area contributed by atoms with Crippen molar-refractivity contribution in [2.75, 3.05) is 13.1 Å². The number of carbonyl (C=O) groups excluding carboxylic acids is 2. The summed E-state index contributed by atoms with van der Waals surface area (Å²) in [5.74, 6) is -0.403. The van der Waals surface area contributed by atoms with Gasteiger partial charge in [-0.15, -0.1) is 0 Å². The Bertz CT molecular complexity index is 916. The molecule has 1 aromatic carbocycles. The van der Waals surface area contributed by atoms with Gasteiger partial charge in [0.25, 0.3) is 5.91 Å². The summed E-state index contributed by atoms with van der Waals surface area (Å²) in [5.41, 5.74) is 0.172. The van der Waals surface area contributed by atoms with E-state index in [1.54, 1.807) is 17.0 Å². The lowest BCUT2D eigenvalue weighted by Crippen LogP contribution is -2.38. The van der Waals surface area contributed by atoms with Gasteiger partial charge >= 0.3 is 5.97 Å². The van der Waals surface area contributed by atoms with E-state index >= 15 is 0 Å². The van der Waals surface area contributed by atoms with Crippen LogP contribution in [-0.4, -0.2) is 44.4 Å². The van der Waals surface area contributed by atoms with Gasteiger partial charge < -0.3 is 14.1 Å². The molecule has 1 saturated heterocycles. The monoisotopic (exact) mass is 406 g/mol. The molecule has 1 fully saturated rings. The predicted octanol–water partition coefficient (Wildman–Crippen LogP) is 1.93. The summed E-state index contributed by atoms with van der Waals surface area (Å²) in [7, 11) is -3.75. The van der Waals surface area contributed by atoms with E-state index in [1.165, 1.54) is 37.5 Å². The van der Waals surface area contributed by atoms with Crippen LogP contribution in [0, 0.1) is 0 Å². The van der Waals surface area contributed by atoms with Crippen LogP contribution < -0.4 is 4.72 Å². The number of nitrogens with one attached hydrogen (secondary N) is 1. The van der Waals surface area contributed by atoms with Crippen LogP contribution in [0.3, 0.4) is 0 Å². The molecule has 2 heterocycles. The number of nitrogens with zero attached hydrogens (tertiary/aromatic N) is 1. The molecule has 3 rings (SSSR count). The fraction of sp³-hybridized carbons (Fsp3) is 0.368. The molecule has 0 unspecified atom stereocenters. The zero-order valence-corrected chi connectivity index (χ0v) is 16.3. The van der Waals surface area contributed by atoms with Crippen molar-refractivity contribution in [2.45, 2.75) is 37.3 Å². The second-order valence-corrected chi connectivity index (χ2v) is 8.28. The topological polar surface area (TPSA) is 106 Å².